The van der Waals surface area contributed by atoms with Crippen LogP contribution in [0, 0.1) is 6.92 Å². The summed E-state index contributed by atoms with van der Waals surface area (Å²) in [6, 6.07) is 6.15. The van der Waals surface area contributed by atoms with Crippen molar-refractivity contribution < 1.29 is 0 Å². The summed E-state index contributed by atoms with van der Waals surface area (Å²) in [4.78, 5) is 17.9. The second-order valence-corrected chi connectivity index (χ2v) is 10.5. The minimum atomic E-state index is 0.905. The molecule has 0 unspecified atom stereocenters. The van der Waals surface area contributed by atoms with Crippen molar-refractivity contribution in [1.82, 2.24) is 24.3 Å². The summed E-state index contributed by atoms with van der Waals surface area (Å²) in [6.45, 7) is 6.81. The maximum Gasteiger partial charge on any atom is 0.203 e. The molecule has 156 valence electrons. The van der Waals surface area contributed by atoms with Crippen LogP contribution in [0.4, 0.5) is 5.95 Å². The van der Waals surface area contributed by atoms with Gasteiger partial charge in [0.15, 0.2) is 0 Å². The molecule has 10 heteroatoms. The summed E-state index contributed by atoms with van der Waals surface area (Å²) < 4.78 is 6.02. The molecule has 6 nitrogen and oxygen atoms in total. The number of halogens is 4. The number of H-pyrrole nitrogens is 1. The van der Waals surface area contributed by atoms with Crippen LogP contribution in [0.5, 0.6) is 0 Å². The highest BCUT2D eigenvalue weighted by Crippen LogP contribution is 2.43. The molecule has 4 aromatic rings. The molecular weight excluding hydrogens is 644 g/mol. The Balaban J connectivity index is 1.34. The highest BCUT2D eigenvalue weighted by atomic mass is 79.9. The Morgan fingerprint density at radius 2 is 1.67 bits per heavy atom. The number of aromatic nitrogens is 4. The van der Waals surface area contributed by atoms with Crippen LogP contribution in [-0.2, 0) is 6.54 Å². The third kappa shape index (κ3) is 3.54. The molecule has 0 saturated carbocycles. The smallest absolute Gasteiger partial charge is 0.203 e. The average molecular weight is 662 g/mol. The highest BCUT2D eigenvalue weighted by Gasteiger charge is 2.24. The number of benzene rings is 1. The summed E-state index contributed by atoms with van der Waals surface area (Å²) >= 11 is 14.6. The summed E-state index contributed by atoms with van der Waals surface area (Å²) in [6.07, 6.45) is 2.10. The lowest BCUT2D eigenvalue weighted by atomic mass is 10.2. The molecule has 1 fully saturated rings. The minimum Gasteiger partial charge on any atom is -0.340 e. The highest BCUT2D eigenvalue weighted by molar-refractivity contribution is 9.15. The number of rotatable bonds is 3. The van der Waals surface area contributed by atoms with Gasteiger partial charge >= 0.3 is 0 Å². The Hall–Kier alpha value is -0.940. The van der Waals surface area contributed by atoms with Crippen molar-refractivity contribution in [1.29, 1.82) is 0 Å². The van der Waals surface area contributed by atoms with Gasteiger partial charge < -0.3 is 14.3 Å². The molecule has 0 bridgehead atoms. The van der Waals surface area contributed by atoms with Gasteiger partial charge in [-0.05, 0) is 82.8 Å². The Morgan fingerprint density at radius 3 is 2.43 bits per heavy atom. The van der Waals surface area contributed by atoms with Gasteiger partial charge in [0.25, 0.3) is 0 Å². The summed E-state index contributed by atoms with van der Waals surface area (Å²) in [5.41, 5.74) is 5.28. The van der Waals surface area contributed by atoms with E-state index in [9.17, 15) is 0 Å². The van der Waals surface area contributed by atoms with Gasteiger partial charge in [0.1, 0.15) is 11.2 Å². The van der Waals surface area contributed by atoms with Crippen LogP contribution in [0.25, 0.3) is 16.7 Å². The van der Waals surface area contributed by atoms with E-state index in [1.165, 1.54) is 5.69 Å². The van der Waals surface area contributed by atoms with E-state index < -0.39 is 0 Å². The molecule has 0 radical (unpaired) electrons. The number of hydrogen-bond donors (Lipinski definition) is 1. The van der Waals surface area contributed by atoms with Crippen LogP contribution in [0.3, 0.4) is 0 Å². The number of nitrogens with zero attached hydrogens (tertiary/aromatic N) is 5. The zero-order valence-electron chi connectivity index (χ0n) is 16.1. The van der Waals surface area contributed by atoms with E-state index in [1.807, 2.05) is 6.07 Å². The van der Waals surface area contributed by atoms with Crippen LogP contribution >= 0.6 is 63.7 Å². The van der Waals surface area contributed by atoms with Crippen molar-refractivity contribution in [2.45, 2.75) is 13.5 Å². The van der Waals surface area contributed by atoms with E-state index in [-0.39, 0.29) is 0 Å². The molecule has 5 rings (SSSR count). The van der Waals surface area contributed by atoms with Crippen LogP contribution < -0.4 is 4.90 Å². The van der Waals surface area contributed by atoms with E-state index >= 15 is 0 Å². The van der Waals surface area contributed by atoms with Gasteiger partial charge in [-0.3, -0.25) is 4.90 Å². The first-order valence-corrected chi connectivity index (χ1v) is 12.7. The van der Waals surface area contributed by atoms with Crippen molar-refractivity contribution in [3.05, 3.63) is 53.7 Å². The van der Waals surface area contributed by atoms with E-state index in [1.54, 1.807) is 0 Å². The number of nitrogens with one attached hydrogen (secondary N) is 1. The first-order valence-electron chi connectivity index (χ1n) is 9.55. The predicted molar refractivity (Wildman–Crippen MR) is 134 cm³/mol. The van der Waals surface area contributed by atoms with Crippen molar-refractivity contribution in [2.75, 3.05) is 31.1 Å². The zero-order chi connectivity index (χ0) is 21.0. The molecule has 1 N–H and O–H groups in total. The molecule has 1 saturated heterocycles. The molecule has 1 aliphatic heterocycles. The van der Waals surface area contributed by atoms with E-state index in [0.717, 1.165) is 78.9 Å². The number of aryl methyl sites for hydroxylation is 1. The lowest BCUT2D eigenvalue weighted by Gasteiger charge is -2.34. The molecule has 1 aromatic carbocycles. The van der Waals surface area contributed by atoms with Crippen LogP contribution in [0.15, 0.2) is 42.3 Å². The number of hydrogen-bond acceptors (Lipinski definition) is 4. The molecular formula is C20H18Br4N6. The maximum absolute atomic E-state index is 4.86. The molecule has 3 aromatic heterocycles. The lowest BCUT2D eigenvalue weighted by molar-refractivity contribution is 0.245. The van der Waals surface area contributed by atoms with Gasteiger partial charge in [-0.25, -0.2) is 9.97 Å². The van der Waals surface area contributed by atoms with Gasteiger partial charge in [0.05, 0.1) is 25.8 Å². The topological polar surface area (TPSA) is 52.5 Å². The number of aromatic amines is 1. The molecule has 0 aliphatic carbocycles. The fraction of sp³-hybridized carbons (Fsp3) is 0.300. The number of imidazole rings is 2. The number of piperazine rings is 1. The number of anilines is 1. The van der Waals surface area contributed by atoms with Gasteiger partial charge in [-0.15, -0.1) is 0 Å². The molecule has 4 heterocycles. The number of fused-ring (bicyclic) bond motifs is 2. The normalized spacial score (nSPS) is 15.6. The SMILES string of the molecule is Cc1nc2ccccn2c1CN1CCN(c2nc3c(Br)c(Br)c(Br)c(Br)c3[nH]2)CC1. The second kappa shape index (κ2) is 8.20. The molecule has 0 amide bonds. The second-order valence-electron chi connectivity index (χ2n) is 7.38. The Kier molecular flexibility index (Phi) is 5.72. The monoisotopic (exact) mass is 658 g/mol. The van der Waals surface area contributed by atoms with E-state index in [4.69, 9.17) is 9.97 Å². The van der Waals surface area contributed by atoms with Crippen molar-refractivity contribution >= 4 is 86.3 Å². The fourth-order valence-electron chi connectivity index (χ4n) is 3.92. The third-order valence-electron chi connectivity index (χ3n) is 5.57. The van der Waals surface area contributed by atoms with Gasteiger partial charge in [0, 0.05) is 47.9 Å². The molecule has 0 atom stereocenters. The van der Waals surface area contributed by atoms with Crippen LogP contribution in [-0.4, -0.2) is 50.4 Å². The van der Waals surface area contributed by atoms with Gasteiger partial charge in [-0.1, -0.05) is 6.07 Å². The van der Waals surface area contributed by atoms with Crippen LogP contribution in [0.1, 0.15) is 11.4 Å². The standard InChI is InChI=1S/C20H18Br4N6/c1-11-12(30-5-3-2-4-13(30)25-11)10-28-6-8-29(9-7-28)20-26-18-16(23)14(21)15(22)17(24)19(18)27-20/h2-5H,6-10H2,1H3,(H,26,27). The average Bonchev–Trinajstić information content (AvgIpc) is 3.33. The first kappa shape index (κ1) is 20.9. The van der Waals surface area contributed by atoms with Crippen molar-refractivity contribution in [3.63, 3.8) is 0 Å². The van der Waals surface area contributed by atoms with Crippen molar-refractivity contribution in [2.24, 2.45) is 0 Å². The van der Waals surface area contributed by atoms with Crippen LogP contribution in [0.2, 0.25) is 0 Å². The maximum atomic E-state index is 4.86. The Labute approximate surface area is 207 Å². The van der Waals surface area contributed by atoms with Gasteiger partial charge in [-0.2, -0.15) is 0 Å². The largest absolute Gasteiger partial charge is 0.340 e. The summed E-state index contributed by atoms with van der Waals surface area (Å²) in [5, 5.41) is 0. The summed E-state index contributed by atoms with van der Waals surface area (Å²) in [5.74, 6) is 0.905. The molecule has 1 aliphatic rings. The fourth-order valence-corrected chi connectivity index (χ4v) is 6.20. The Bertz CT molecular complexity index is 1210. The lowest BCUT2D eigenvalue weighted by Crippen LogP contribution is -2.46. The minimum absolute atomic E-state index is 0.905. The van der Waals surface area contributed by atoms with Crippen molar-refractivity contribution in [3.8, 4) is 0 Å². The third-order valence-corrected chi connectivity index (χ3v) is 10.3. The number of pyridine rings is 1. The van der Waals surface area contributed by atoms with E-state index in [0.29, 0.717) is 0 Å². The quantitative estimate of drug-likeness (QED) is 0.220. The summed E-state index contributed by atoms with van der Waals surface area (Å²) in [7, 11) is 0. The molecule has 30 heavy (non-hydrogen) atoms. The predicted octanol–water partition coefficient (Wildman–Crippen LogP) is 5.89. The van der Waals surface area contributed by atoms with E-state index in [2.05, 4.69) is 108 Å². The zero-order valence-corrected chi connectivity index (χ0v) is 22.4. The first-order chi connectivity index (χ1) is 14.4. The Morgan fingerprint density at radius 1 is 0.933 bits per heavy atom. The van der Waals surface area contributed by atoms with Gasteiger partial charge in [0.2, 0.25) is 5.95 Å². The molecule has 0 spiro atoms.